The molecule has 0 aliphatic rings. The summed E-state index contributed by atoms with van der Waals surface area (Å²) in [5.74, 6) is -0.578. The molecule has 0 saturated heterocycles. The second kappa shape index (κ2) is 7.57. The lowest BCUT2D eigenvalue weighted by atomic mass is 9.99. The van der Waals surface area contributed by atoms with Gasteiger partial charge in [0, 0.05) is 22.8 Å². The van der Waals surface area contributed by atoms with Crippen molar-refractivity contribution in [2.75, 3.05) is 7.11 Å². The van der Waals surface area contributed by atoms with Gasteiger partial charge in [0.1, 0.15) is 11.5 Å². The molecule has 5 heteroatoms. The van der Waals surface area contributed by atoms with Crippen LogP contribution >= 0.6 is 0 Å². The zero-order valence-corrected chi connectivity index (χ0v) is 13.5. The molecule has 2 aromatic carbocycles. The molecule has 24 heavy (non-hydrogen) atoms. The molecular weight excluding hydrogens is 308 g/mol. The fourth-order valence-electron chi connectivity index (χ4n) is 2.11. The Bertz CT molecular complexity index is 778. The van der Waals surface area contributed by atoms with Crippen LogP contribution in [0.1, 0.15) is 28.4 Å². The minimum absolute atomic E-state index is 0.0610. The molecule has 2 aromatic rings. The molecular formula is C19H18O5. The molecule has 0 radical (unpaired) electrons. The smallest absolute Gasteiger partial charge is 0.338 e. The maximum absolute atomic E-state index is 12.8. The van der Waals surface area contributed by atoms with Crippen molar-refractivity contribution in [2.24, 2.45) is 0 Å². The average Bonchev–Trinajstić information content (AvgIpc) is 2.61. The van der Waals surface area contributed by atoms with Crippen LogP contribution in [0.4, 0.5) is 0 Å². The number of ketones is 1. The van der Waals surface area contributed by atoms with Crippen molar-refractivity contribution < 1.29 is 24.2 Å². The summed E-state index contributed by atoms with van der Waals surface area (Å²) in [4.78, 5) is 24.6. The third-order valence-corrected chi connectivity index (χ3v) is 3.38. The van der Waals surface area contributed by atoms with Crippen LogP contribution in [0.15, 0.2) is 54.6 Å². The number of hydrogen-bond acceptors (Lipinski definition) is 5. The molecule has 0 saturated carbocycles. The summed E-state index contributed by atoms with van der Waals surface area (Å²) in [7, 11) is 1.43. The number of methoxy groups -OCH3 is 1. The first-order valence-electron chi connectivity index (χ1n) is 7.27. The summed E-state index contributed by atoms with van der Waals surface area (Å²) in [5.41, 5.74) is 1.24. The topological polar surface area (TPSA) is 72.8 Å². The van der Waals surface area contributed by atoms with Gasteiger partial charge in [0.2, 0.25) is 0 Å². The number of benzene rings is 2. The first kappa shape index (κ1) is 17.4. The van der Waals surface area contributed by atoms with Crippen LogP contribution in [0.3, 0.4) is 0 Å². The molecule has 5 nitrogen and oxygen atoms in total. The quantitative estimate of drug-likeness (QED) is 0.382. The van der Waals surface area contributed by atoms with E-state index in [0.717, 1.165) is 0 Å². The first-order valence-corrected chi connectivity index (χ1v) is 7.27. The van der Waals surface area contributed by atoms with Crippen LogP contribution in [-0.2, 0) is 11.4 Å². The Morgan fingerprint density at radius 3 is 2.33 bits per heavy atom. The monoisotopic (exact) mass is 326 g/mol. The summed E-state index contributed by atoms with van der Waals surface area (Å²) in [6.07, 6.45) is 0. The van der Waals surface area contributed by atoms with E-state index < -0.39 is 5.97 Å². The summed E-state index contributed by atoms with van der Waals surface area (Å²) < 4.78 is 10.4. The predicted octanol–water partition coefficient (Wildman–Crippen LogP) is 2.90. The second-order valence-electron chi connectivity index (χ2n) is 5.18. The van der Waals surface area contributed by atoms with E-state index in [1.54, 1.807) is 30.3 Å². The Morgan fingerprint density at radius 1 is 1.12 bits per heavy atom. The largest absolute Gasteiger partial charge is 0.496 e. The van der Waals surface area contributed by atoms with Crippen LogP contribution in [0.25, 0.3) is 0 Å². The Hall–Kier alpha value is -2.92. The molecule has 2 rings (SSSR count). The van der Waals surface area contributed by atoms with E-state index in [2.05, 4.69) is 6.58 Å². The average molecular weight is 326 g/mol. The zero-order valence-electron chi connectivity index (χ0n) is 13.5. The van der Waals surface area contributed by atoms with Crippen molar-refractivity contribution in [3.05, 3.63) is 71.3 Å². The third kappa shape index (κ3) is 3.70. The molecule has 124 valence electrons. The minimum atomic E-state index is -0.643. The normalized spacial score (nSPS) is 10.1. The van der Waals surface area contributed by atoms with Gasteiger partial charge in [-0.25, -0.2) is 4.79 Å². The molecule has 0 aromatic heterocycles. The van der Waals surface area contributed by atoms with Gasteiger partial charge in [-0.2, -0.15) is 0 Å². The lowest BCUT2D eigenvalue weighted by Crippen LogP contribution is -2.13. The highest BCUT2D eigenvalue weighted by molar-refractivity contribution is 6.11. The van der Waals surface area contributed by atoms with E-state index in [1.807, 2.05) is 0 Å². The first-order chi connectivity index (χ1) is 11.5. The van der Waals surface area contributed by atoms with Gasteiger partial charge >= 0.3 is 5.97 Å². The van der Waals surface area contributed by atoms with Crippen molar-refractivity contribution in [3.8, 4) is 11.5 Å². The molecule has 0 fully saturated rings. The molecule has 0 bridgehead atoms. The van der Waals surface area contributed by atoms with Crippen LogP contribution < -0.4 is 9.47 Å². The number of carbonyl (C=O) groups excluding carboxylic acids is 2. The fourth-order valence-corrected chi connectivity index (χ4v) is 2.11. The van der Waals surface area contributed by atoms with Crippen molar-refractivity contribution in [2.45, 2.75) is 13.5 Å². The Balaban J connectivity index is 2.56. The van der Waals surface area contributed by atoms with Crippen LogP contribution in [0, 0.1) is 0 Å². The Morgan fingerprint density at radius 2 is 1.79 bits per heavy atom. The Kier molecular flexibility index (Phi) is 5.50. The van der Waals surface area contributed by atoms with Gasteiger partial charge < -0.3 is 14.6 Å². The number of hydrogen-bond donors (Lipinski definition) is 1. The Labute approximate surface area is 140 Å². The number of esters is 1. The fraction of sp³-hybridized carbons (Fsp3) is 0.158. The van der Waals surface area contributed by atoms with Crippen LogP contribution in [-0.4, -0.2) is 24.0 Å². The van der Waals surface area contributed by atoms with E-state index in [0.29, 0.717) is 16.9 Å². The van der Waals surface area contributed by atoms with E-state index in [1.165, 1.54) is 26.2 Å². The van der Waals surface area contributed by atoms with Gasteiger partial charge in [0.15, 0.2) is 5.78 Å². The number of ether oxygens (including phenoxy) is 2. The van der Waals surface area contributed by atoms with Gasteiger partial charge in [-0.1, -0.05) is 36.9 Å². The van der Waals surface area contributed by atoms with Crippen LogP contribution in [0.2, 0.25) is 0 Å². The third-order valence-electron chi connectivity index (χ3n) is 3.38. The van der Waals surface area contributed by atoms with Crippen molar-refractivity contribution in [1.29, 1.82) is 0 Å². The second-order valence-corrected chi connectivity index (χ2v) is 5.18. The number of aliphatic hydroxyl groups is 1. The molecule has 0 unspecified atom stereocenters. The molecule has 0 aliphatic carbocycles. The molecule has 0 heterocycles. The van der Waals surface area contributed by atoms with Crippen molar-refractivity contribution in [3.63, 3.8) is 0 Å². The van der Waals surface area contributed by atoms with Crippen LogP contribution in [0.5, 0.6) is 11.5 Å². The highest BCUT2D eigenvalue weighted by Gasteiger charge is 2.20. The molecule has 1 N–H and O–H groups in total. The summed E-state index contributed by atoms with van der Waals surface area (Å²) in [6, 6.07) is 11.5. The van der Waals surface area contributed by atoms with Gasteiger partial charge in [0.05, 0.1) is 19.3 Å². The van der Waals surface area contributed by atoms with E-state index in [-0.39, 0.29) is 29.3 Å². The van der Waals surface area contributed by atoms with Crippen molar-refractivity contribution >= 4 is 11.8 Å². The summed E-state index contributed by atoms with van der Waals surface area (Å²) in [5, 5.41) is 9.47. The van der Waals surface area contributed by atoms with E-state index >= 15 is 0 Å². The minimum Gasteiger partial charge on any atom is -0.496 e. The SMILES string of the molecule is C=C(C)C(=O)Oc1cc(OC)c(CO)cc1C(=O)c1ccccc1. The molecule has 0 aliphatic heterocycles. The predicted molar refractivity (Wildman–Crippen MR) is 89.2 cm³/mol. The maximum Gasteiger partial charge on any atom is 0.338 e. The molecule has 0 amide bonds. The zero-order chi connectivity index (χ0) is 17.7. The lowest BCUT2D eigenvalue weighted by Gasteiger charge is -2.14. The highest BCUT2D eigenvalue weighted by Crippen LogP contribution is 2.31. The molecule has 0 spiro atoms. The van der Waals surface area contributed by atoms with Gasteiger partial charge in [-0.05, 0) is 13.0 Å². The van der Waals surface area contributed by atoms with E-state index in [9.17, 15) is 14.7 Å². The number of carbonyl (C=O) groups is 2. The van der Waals surface area contributed by atoms with Gasteiger partial charge in [-0.3, -0.25) is 4.79 Å². The number of aliphatic hydroxyl groups excluding tert-OH is 1. The van der Waals surface area contributed by atoms with Crippen molar-refractivity contribution in [1.82, 2.24) is 0 Å². The standard InChI is InChI=1S/C19H18O5/c1-12(2)19(22)24-17-10-16(23-3)14(11-20)9-15(17)18(21)13-7-5-4-6-8-13/h4-10,20H,1,11H2,2-3H3. The van der Waals surface area contributed by atoms with E-state index in [4.69, 9.17) is 9.47 Å². The summed E-state index contributed by atoms with van der Waals surface area (Å²) in [6.45, 7) is 4.73. The van der Waals surface area contributed by atoms with Gasteiger partial charge in [-0.15, -0.1) is 0 Å². The molecule has 0 atom stereocenters. The lowest BCUT2D eigenvalue weighted by molar-refractivity contribution is -0.130. The maximum atomic E-state index is 12.8. The highest BCUT2D eigenvalue weighted by atomic mass is 16.5. The number of rotatable bonds is 6. The summed E-state index contributed by atoms with van der Waals surface area (Å²) >= 11 is 0. The van der Waals surface area contributed by atoms with Gasteiger partial charge in [0.25, 0.3) is 0 Å².